The smallest absolute Gasteiger partial charge is 0.317 e. The van der Waals surface area contributed by atoms with E-state index in [1.54, 1.807) is 0 Å². The molecule has 108 valence electrons. The van der Waals surface area contributed by atoms with Crippen molar-refractivity contribution in [1.29, 1.82) is 0 Å². The topological polar surface area (TPSA) is 69.6 Å². The lowest BCUT2D eigenvalue weighted by atomic mass is 9.69. The van der Waals surface area contributed by atoms with E-state index in [2.05, 4.69) is 19.2 Å². The molecule has 0 aromatic heterocycles. The van der Waals surface area contributed by atoms with Crippen molar-refractivity contribution in [2.75, 3.05) is 13.1 Å². The zero-order valence-electron chi connectivity index (χ0n) is 11.8. The molecule has 0 aliphatic heterocycles. The number of carboxylic acids is 1. The van der Waals surface area contributed by atoms with Crippen LogP contribution >= 0.6 is 0 Å². The average Bonchev–Trinajstić information content (AvgIpc) is 3.07. The number of aliphatic carboxylic acids is 1. The van der Waals surface area contributed by atoms with E-state index >= 15 is 0 Å². The monoisotopic (exact) mass is 268 g/mol. The molecule has 2 fully saturated rings. The van der Waals surface area contributed by atoms with E-state index in [0.29, 0.717) is 24.8 Å². The second-order valence-corrected chi connectivity index (χ2v) is 6.38. The molecule has 19 heavy (non-hydrogen) atoms. The predicted molar refractivity (Wildman–Crippen MR) is 71.9 cm³/mol. The third-order valence-corrected chi connectivity index (χ3v) is 4.15. The summed E-state index contributed by atoms with van der Waals surface area (Å²) < 4.78 is 0. The Labute approximate surface area is 114 Å². The first-order chi connectivity index (χ1) is 8.94. The van der Waals surface area contributed by atoms with Gasteiger partial charge in [-0.05, 0) is 31.6 Å². The highest BCUT2D eigenvalue weighted by atomic mass is 16.4. The molecule has 0 aromatic carbocycles. The standard InChI is InChI=1S/C14H24N2O3/c1-10(2)8-16(11-4-5-11)13(19)15-9-14(12(17)18)6-3-7-14/h10-11H,3-9H2,1-2H3,(H,15,19)(H,17,18). The van der Waals surface area contributed by atoms with Gasteiger partial charge < -0.3 is 15.3 Å². The van der Waals surface area contributed by atoms with E-state index < -0.39 is 11.4 Å². The van der Waals surface area contributed by atoms with Gasteiger partial charge in [0.1, 0.15) is 0 Å². The maximum atomic E-state index is 12.2. The summed E-state index contributed by atoms with van der Waals surface area (Å²) in [4.78, 5) is 25.3. The van der Waals surface area contributed by atoms with Crippen LogP contribution in [0.2, 0.25) is 0 Å². The quantitative estimate of drug-likeness (QED) is 0.774. The van der Waals surface area contributed by atoms with E-state index in [9.17, 15) is 14.7 Å². The fourth-order valence-corrected chi connectivity index (χ4v) is 2.59. The summed E-state index contributed by atoms with van der Waals surface area (Å²) in [5.74, 6) is -0.343. The van der Waals surface area contributed by atoms with Gasteiger partial charge in [0, 0.05) is 19.1 Å². The van der Waals surface area contributed by atoms with Crippen LogP contribution in [0.5, 0.6) is 0 Å². The Kier molecular flexibility index (Phi) is 4.02. The Morgan fingerprint density at radius 2 is 2.00 bits per heavy atom. The summed E-state index contributed by atoms with van der Waals surface area (Å²) in [6.45, 7) is 5.19. The van der Waals surface area contributed by atoms with E-state index in [-0.39, 0.29) is 12.6 Å². The average molecular weight is 268 g/mol. The van der Waals surface area contributed by atoms with Gasteiger partial charge in [0.25, 0.3) is 0 Å². The second-order valence-electron chi connectivity index (χ2n) is 6.38. The molecule has 0 saturated heterocycles. The van der Waals surface area contributed by atoms with Crippen LogP contribution in [0.3, 0.4) is 0 Å². The van der Waals surface area contributed by atoms with Gasteiger partial charge in [-0.3, -0.25) is 4.79 Å². The zero-order valence-corrected chi connectivity index (χ0v) is 11.8. The first kappa shape index (κ1) is 14.2. The molecule has 0 unspecified atom stereocenters. The van der Waals surface area contributed by atoms with Gasteiger partial charge in [0.05, 0.1) is 5.41 Å². The molecule has 5 heteroatoms. The Morgan fingerprint density at radius 3 is 2.37 bits per heavy atom. The number of carbonyl (C=O) groups is 2. The van der Waals surface area contributed by atoms with Crippen LogP contribution in [0.25, 0.3) is 0 Å². The van der Waals surface area contributed by atoms with Crippen molar-refractivity contribution in [2.24, 2.45) is 11.3 Å². The number of carboxylic acid groups (broad SMARTS) is 1. The number of amides is 2. The fourth-order valence-electron chi connectivity index (χ4n) is 2.59. The number of hydrogen-bond donors (Lipinski definition) is 2. The molecule has 0 radical (unpaired) electrons. The van der Waals surface area contributed by atoms with Crippen molar-refractivity contribution in [1.82, 2.24) is 10.2 Å². The molecular formula is C14H24N2O3. The molecule has 2 amide bonds. The van der Waals surface area contributed by atoms with Gasteiger partial charge in [-0.15, -0.1) is 0 Å². The number of hydrogen-bond acceptors (Lipinski definition) is 2. The number of carbonyl (C=O) groups excluding carboxylic acids is 1. The number of rotatable bonds is 6. The normalized spacial score (nSPS) is 20.8. The van der Waals surface area contributed by atoms with Gasteiger partial charge in [-0.1, -0.05) is 20.3 Å². The Balaban J connectivity index is 1.87. The third-order valence-electron chi connectivity index (χ3n) is 4.15. The lowest BCUT2D eigenvalue weighted by molar-refractivity contribution is -0.153. The van der Waals surface area contributed by atoms with Crippen LogP contribution in [0.1, 0.15) is 46.0 Å². The highest BCUT2D eigenvalue weighted by molar-refractivity contribution is 5.79. The minimum atomic E-state index is -0.777. The Bertz CT molecular complexity index is 360. The molecule has 5 nitrogen and oxygen atoms in total. The lowest BCUT2D eigenvalue weighted by Gasteiger charge is -2.38. The van der Waals surface area contributed by atoms with E-state index in [1.807, 2.05) is 4.90 Å². The first-order valence-electron chi connectivity index (χ1n) is 7.22. The first-order valence-corrected chi connectivity index (χ1v) is 7.22. The number of nitrogens with zero attached hydrogens (tertiary/aromatic N) is 1. The fraction of sp³-hybridized carbons (Fsp3) is 0.857. The van der Waals surface area contributed by atoms with Crippen molar-refractivity contribution >= 4 is 12.0 Å². The SMILES string of the molecule is CC(C)CN(C(=O)NCC1(C(=O)O)CCC1)C1CC1. The maximum Gasteiger partial charge on any atom is 0.317 e. The van der Waals surface area contributed by atoms with Gasteiger partial charge in [0.2, 0.25) is 0 Å². The summed E-state index contributed by atoms with van der Waals surface area (Å²) in [6, 6.07) is 0.272. The summed E-state index contributed by atoms with van der Waals surface area (Å²) in [7, 11) is 0. The minimum Gasteiger partial charge on any atom is -0.481 e. The highest BCUT2D eigenvalue weighted by Gasteiger charge is 2.45. The van der Waals surface area contributed by atoms with Gasteiger partial charge >= 0.3 is 12.0 Å². The second kappa shape index (κ2) is 5.39. The van der Waals surface area contributed by atoms with Crippen LogP contribution in [-0.4, -0.2) is 41.1 Å². The summed E-state index contributed by atoms with van der Waals surface area (Å²) in [5, 5.41) is 12.1. The number of nitrogens with one attached hydrogen (secondary N) is 1. The van der Waals surface area contributed by atoms with Crippen molar-refractivity contribution in [3.8, 4) is 0 Å². The summed E-state index contributed by atoms with van der Waals surface area (Å²) >= 11 is 0. The van der Waals surface area contributed by atoms with Gasteiger partial charge in [-0.2, -0.15) is 0 Å². The Morgan fingerprint density at radius 1 is 1.37 bits per heavy atom. The van der Waals surface area contributed by atoms with Crippen molar-refractivity contribution in [3.05, 3.63) is 0 Å². The zero-order chi connectivity index (χ0) is 14.0. The van der Waals surface area contributed by atoms with Crippen LogP contribution in [-0.2, 0) is 4.79 Å². The summed E-state index contributed by atoms with van der Waals surface area (Å²) in [6.07, 6.45) is 4.45. The molecule has 2 aliphatic carbocycles. The van der Waals surface area contributed by atoms with Gasteiger partial charge in [-0.25, -0.2) is 4.79 Å². The van der Waals surface area contributed by atoms with E-state index in [4.69, 9.17) is 0 Å². The van der Waals surface area contributed by atoms with Crippen molar-refractivity contribution < 1.29 is 14.7 Å². The van der Waals surface area contributed by atoms with Crippen molar-refractivity contribution in [3.63, 3.8) is 0 Å². The largest absolute Gasteiger partial charge is 0.481 e. The van der Waals surface area contributed by atoms with Gasteiger partial charge in [0.15, 0.2) is 0 Å². The van der Waals surface area contributed by atoms with Crippen LogP contribution < -0.4 is 5.32 Å². The molecule has 0 heterocycles. The molecule has 0 aromatic rings. The van der Waals surface area contributed by atoms with E-state index in [0.717, 1.165) is 25.8 Å². The number of urea groups is 1. The maximum absolute atomic E-state index is 12.2. The molecule has 0 atom stereocenters. The molecule has 0 bridgehead atoms. The molecular weight excluding hydrogens is 244 g/mol. The minimum absolute atomic E-state index is 0.0938. The highest BCUT2D eigenvalue weighted by Crippen LogP contribution is 2.40. The Hall–Kier alpha value is -1.26. The van der Waals surface area contributed by atoms with Crippen LogP contribution in [0.4, 0.5) is 4.79 Å². The molecule has 0 spiro atoms. The van der Waals surface area contributed by atoms with Crippen LogP contribution in [0, 0.1) is 11.3 Å². The lowest BCUT2D eigenvalue weighted by Crippen LogP contribution is -2.51. The molecule has 2 rings (SSSR count). The molecule has 2 aliphatic rings. The molecule has 2 saturated carbocycles. The van der Waals surface area contributed by atoms with E-state index in [1.165, 1.54) is 0 Å². The molecule has 2 N–H and O–H groups in total. The third kappa shape index (κ3) is 3.19. The summed E-state index contributed by atoms with van der Waals surface area (Å²) in [5.41, 5.74) is -0.706. The van der Waals surface area contributed by atoms with Crippen molar-refractivity contribution in [2.45, 2.75) is 52.0 Å². The van der Waals surface area contributed by atoms with Crippen LogP contribution in [0.15, 0.2) is 0 Å². The predicted octanol–water partition coefficient (Wildman–Crippen LogP) is 2.07.